The van der Waals surface area contributed by atoms with Crippen LogP contribution < -0.4 is 0 Å². The third-order valence-corrected chi connectivity index (χ3v) is 2.67. The van der Waals surface area contributed by atoms with Crippen molar-refractivity contribution in [3.05, 3.63) is 42.3 Å². The van der Waals surface area contributed by atoms with Crippen LogP contribution in [0.3, 0.4) is 0 Å². The molecule has 0 aromatic heterocycles. The van der Waals surface area contributed by atoms with E-state index in [1.807, 2.05) is 24.4 Å². The van der Waals surface area contributed by atoms with E-state index in [4.69, 9.17) is 0 Å². The first-order valence-corrected chi connectivity index (χ1v) is 6.19. The molecule has 0 aliphatic rings. The molecule has 1 aromatic rings. The van der Waals surface area contributed by atoms with Crippen LogP contribution in [-0.4, -0.2) is 12.8 Å². The Bertz CT molecular complexity index is 284. The summed E-state index contributed by atoms with van der Waals surface area (Å²) in [4.78, 5) is 4.53. The average Bonchev–Trinajstić information content (AvgIpc) is 2.31. The second-order valence-corrected chi connectivity index (χ2v) is 4.20. The molecule has 0 N–H and O–H groups in total. The molecule has 0 saturated heterocycles. The molecule has 1 rings (SSSR count). The average molecular weight is 216 g/mol. The number of nitrogens with zero attached hydrogens (tertiary/aromatic N) is 1. The van der Waals surface area contributed by atoms with E-state index >= 15 is 0 Å². The van der Waals surface area contributed by atoms with Crippen LogP contribution in [0.5, 0.6) is 0 Å². The largest absolute Gasteiger partial charge is 0.292 e. The van der Waals surface area contributed by atoms with Gasteiger partial charge >= 0.3 is 0 Å². The summed E-state index contributed by atoms with van der Waals surface area (Å²) in [5.41, 5.74) is 1.19. The van der Waals surface area contributed by atoms with E-state index in [1.165, 1.54) is 24.8 Å². The van der Waals surface area contributed by atoms with Gasteiger partial charge in [0, 0.05) is 12.8 Å². The van der Waals surface area contributed by atoms with Gasteiger partial charge in [0.2, 0.25) is 0 Å². The van der Waals surface area contributed by atoms with Crippen molar-refractivity contribution < 1.29 is 0 Å². The van der Waals surface area contributed by atoms with Gasteiger partial charge in [0.15, 0.2) is 0 Å². The minimum Gasteiger partial charge on any atom is -0.292 e. The van der Waals surface area contributed by atoms with E-state index < -0.39 is 0 Å². The van der Waals surface area contributed by atoms with Gasteiger partial charge in [-0.2, -0.15) is 0 Å². The van der Waals surface area contributed by atoms with E-state index in [0.29, 0.717) is 0 Å². The van der Waals surface area contributed by atoms with Crippen molar-refractivity contribution in [2.24, 2.45) is 10.9 Å². The van der Waals surface area contributed by atoms with Crippen LogP contribution in [0, 0.1) is 12.3 Å². The Labute approximate surface area is 99.6 Å². The fourth-order valence-electron chi connectivity index (χ4n) is 1.87. The van der Waals surface area contributed by atoms with Crippen LogP contribution in [0.4, 0.5) is 0 Å². The lowest BCUT2D eigenvalue weighted by atomic mass is 9.99. The SMILES string of the molecule is C[CH]CC(CCC)CN=Cc1ccccc1. The lowest BCUT2D eigenvalue weighted by Gasteiger charge is -2.11. The summed E-state index contributed by atoms with van der Waals surface area (Å²) in [7, 11) is 0. The maximum atomic E-state index is 4.53. The lowest BCUT2D eigenvalue weighted by molar-refractivity contribution is 0.485. The van der Waals surface area contributed by atoms with Gasteiger partial charge < -0.3 is 0 Å². The third-order valence-electron chi connectivity index (χ3n) is 2.67. The van der Waals surface area contributed by atoms with Gasteiger partial charge in [-0.25, -0.2) is 0 Å². The van der Waals surface area contributed by atoms with Gasteiger partial charge in [0.25, 0.3) is 0 Å². The Kier molecular flexibility index (Phi) is 6.55. The summed E-state index contributed by atoms with van der Waals surface area (Å²) in [6.07, 6.45) is 7.94. The first-order valence-electron chi connectivity index (χ1n) is 6.19. The predicted octanol–water partition coefficient (Wildman–Crippen LogP) is 4.14. The molecule has 1 unspecified atom stereocenters. The minimum absolute atomic E-state index is 0.718. The molecule has 1 atom stereocenters. The molecule has 16 heavy (non-hydrogen) atoms. The molecule has 1 aromatic carbocycles. The smallest absolute Gasteiger partial charge is 0.0417 e. The molecule has 0 saturated carbocycles. The van der Waals surface area contributed by atoms with Crippen molar-refractivity contribution in [3.63, 3.8) is 0 Å². The highest BCUT2D eigenvalue weighted by atomic mass is 14.7. The van der Waals surface area contributed by atoms with Crippen molar-refractivity contribution in [2.45, 2.75) is 33.1 Å². The predicted molar refractivity (Wildman–Crippen MR) is 71.9 cm³/mol. The van der Waals surface area contributed by atoms with Gasteiger partial charge in [0.1, 0.15) is 0 Å². The second kappa shape index (κ2) is 8.09. The van der Waals surface area contributed by atoms with Crippen molar-refractivity contribution in [1.29, 1.82) is 0 Å². The Hall–Kier alpha value is -1.11. The topological polar surface area (TPSA) is 12.4 Å². The first-order chi connectivity index (χ1) is 7.86. The molecule has 0 aliphatic heterocycles. The van der Waals surface area contributed by atoms with Crippen LogP contribution in [0.1, 0.15) is 38.7 Å². The Balaban J connectivity index is 2.39. The van der Waals surface area contributed by atoms with Gasteiger partial charge in [-0.3, -0.25) is 4.99 Å². The van der Waals surface area contributed by atoms with Gasteiger partial charge in [-0.1, -0.05) is 50.6 Å². The zero-order valence-electron chi connectivity index (χ0n) is 10.4. The van der Waals surface area contributed by atoms with Gasteiger partial charge in [-0.15, -0.1) is 0 Å². The van der Waals surface area contributed by atoms with Crippen LogP contribution in [0.15, 0.2) is 35.3 Å². The molecule has 0 fully saturated rings. The number of hydrogen-bond acceptors (Lipinski definition) is 1. The van der Waals surface area contributed by atoms with Crippen LogP contribution >= 0.6 is 0 Å². The molecule has 1 radical (unpaired) electrons. The van der Waals surface area contributed by atoms with E-state index in [-0.39, 0.29) is 0 Å². The summed E-state index contributed by atoms with van der Waals surface area (Å²) >= 11 is 0. The highest BCUT2D eigenvalue weighted by Gasteiger charge is 2.04. The fourth-order valence-corrected chi connectivity index (χ4v) is 1.87. The van der Waals surface area contributed by atoms with Crippen LogP contribution in [-0.2, 0) is 0 Å². The van der Waals surface area contributed by atoms with Crippen molar-refractivity contribution in [2.75, 3.05) is 6.54 Å². The molecule has 1 heteroatoms. The zero-order valence-corrected chi connectivity index (χ0v) is 10.4. The molecular weight excluding hydrogens is 194 g/mol. The van der Waals surface area contributed by atoms with Crippen molar-refractivity contribution >= 4 is 6.21 Å². The number of aliphatic imine (C=N–C) groups is 1. The summed E-state index contributed by atoms with van der Waals surface area (Å²) < 4.78 is 0. The second-order valence-electron chi connectivity index (χ2n) is 4.20. The normalized spacial score (nSPS) is 11.4. The number of rotatable bonds is 7. The van der Waals surface area contributed by atoms with Gasteiger partial charge in [-0.05, 0) is 30.7 Å². The van der Waals surface area contributed by atoms with E-state index in [9.17, 15) is 0 Å². The van der Waals surface area contributed by atoms with Crippen molar-refractivity contribution in [3.8, 4) is 0 Å². The maximum absolute atomic E-state index is 4.53. The lowest BCUT2D eigenvalue weighted by Crippen LogP contribution is -2.04. The molecule has 0 heterocycles. The summed E-state index contributed by atoms with van der Waals surface area (Å²) in [6, 6.07) is 10.3. The van der Waals surface area contributed by atoms with Gasteiger partial charge in [0.05, 0.1) is 0 Å². The Morgan fingerprint density at radius 2 is 2.00 bits per heavy atom. The first kappa shape index (κ1) is 13.0. The third kappa shape index (κ3) is 5.11. The molecule has 87 valence electrons. The summed E-state index contributed by atoms with van der Waals surface area (Å²) in [5, 5.41) is 0. The standard InChI is InChI=1S/C15H22N/c1-3-8-14(9-4-2)12-16-13-15-10-6-5-7-11-15/h3,5-7,10-11,13-14H,4,8-9,12H2,1-2H3. The summed E-state index contributed by atoms with van der Waals surface area (Å²) in [6.45, 7) is 5.32. The molecule has 1 nitrogen and oxygen atoms in total. The molecule has 0 bridgehead atoms. The van der Waals surface area contributed by atoms with E-state index in [2.05, 4.69) is 37.4 Å². The molecular formula is C15H22N. The summed E-state index contributed by atoms with van der Waals surface area (Å²) in [5.74, 6) is 0.718. The quantitative estimate of drug-likeness (QED) is 0.607. The zero-order chi connectivity index (χ0) is 11.6. The molecule has 0 spiro atoms. The Morgan fingerprint density at radius 3 is 2.62 bits per heavy atom. The highest BCUT2D eigenvalue weighted by molar-refractivity contribution is 5.79. The Morgan fingerprint density at radius 1 is 1.25 bits per heavy atom. The fraction of sp³-hybridized carbons (Fsp3) is 0.467. The minimum atomic E-state index is 0.718. The monoisotopic (exact) mass is 216 g/mol. The molecule has 0 aliphatic carbocycles. The van der Waals surface area contributed by atoms with Crippen molar-refractivity contribution in [1.82, 2.24) is 0 Å². The van der Waals surface area contributed by atoms with E-state index in [1.54, 1.807) is 0 Å². The van der Waals surface area contributed by atoms with Crippen LogP contribution in [0.25, 0.3) is 0 Å². The highest BCUT2D eigenvalue weighted by Crippen LogP contribution is 2.13. The molecule has 0 amide bonds. The number of benzene rings is 1. The van der Waals surface area contributed by atoms with E-state index in [0.717, 1.165) is 12.5 Å². The maximum Gasteiger partial charge on any atom is 0.0417 e. The van der Waals surface area contributed by atoms with Crippen LogP contribution in [0.2, 0.25) is 0 Å². The number of hydrogen-bond donors (Lipinski definition) is 0.